The highest BCUT2D eigenvalue weighted by Gasteiger charge is 2.15. The van der Waals surface area contributed by atoms with Gasteiger partial charge in [0, 0.05) is 5.69 Å². The average molecular weight is 308 g/mol. The maximum Gasteiger partial charge on any atom is 0.265 e. The quantitative estimate of drug-likeness (QED) is 0.914. The van der Waals surface area contributed by atoms with Gasteiger partial charge >= 0.3 is 0 Å². The predicted molar refractivity (Wildman–Crippen MR) is 90.4 cm³/mol. The minimum Gasteiger partial charge on any atom is -0.481 e. The second-order valence-electron chi connectivity index (χ2n) is 5.60. The molecule has 0 aliphatic heterocycles. The molecule has 23 heavy (non-hydrogen) atoms. The summed E-state index contributed by atoms with van der Waals surface area (Å²) in [6, 6.07) is 15.2. The Morgan fingerprint density at radius 1 is 1.17 bits per heavy atom. The van der Waals surface area contributed by atoms with Crippen molar-refractivity contribution in [3.8, 4) is 11.8 Å². The number of benzene rings is 2. The summed E-state index contributed by atoms with van der Waals surface area (Å²) in [5.74, 6) is 0.478. The van der Waals surface area contributed by atoms with Gasteiger partial charge in [0.2, 0.25) is 0 Å². The van der Waals surface area contributed by atoms with Gasteiger partial charge in [-0.05, 0) is 61.7 Å². The third kappa shape index (κ3) is 4.86. The molecule has 4 nitrogen and oxygen atoms in total. The SMILES string of the molecule is Cc1cc(C)cc(O[C@@H](C)C(=O)Nc2ccc(CC#N)cc2)c1. The minimum atomic E-state index is -0.602. The summed E-state index contributed by atoms with van der Waals surface area (Å²) in [5.41, 5.74) is 3.80. The van der Waals surface area contributed by atoms with E-state index in [9.17, 15) is 4.79 Å². The summed E-state index contributed by atoms with van der Waals surface area (Å²) in [5, 5.41) is 11.5. The minimum absolute atomic E-state index is 0.211. The lowest BCUT2D eigenvalue weighted by atomic mass is 10.1. The van der Waals surface area contributed by atoms with Gasteiger partial charge in [-0.2, -0.15) is 5.26 Å². The molecule has 0 heterocycles. The van der Waals surface area contributed by atoms with Crippen molar-refractivity contribution in [3.63, 3.8) is 0 Å². The van der Waals surface area contributed by atoms with Crippen molar-refractivity contribution in [1.82, 2.24) is 0 Å². The molecule has 2 rings (SSSR count). The van der Waals surface area contributed by atoms with Crippen LogP contribution < -0.4 is 10.1 Å². The van der Waals surface area contributed by atoms with Gasteiger partial charge in [0.25, 0.3) is 5.91 Å². The number of rotatable bonds is 5. The van der Waals surface area contributed by atoms with Gasteiger partial charge in [-0.25, -0.2) is 0 Å². The monoisotopic (exact) mass is 308 g/mol. The molecule has 0 unspecified atom stereocenters. The maximum atomic E-state index is 12.2. The fraction of sp³-hybridized carbons (Fsp3) is 0.263. The van der Waals surface area contributed by atoms with Crippen LogP contribution in [0.3, 0.4) is 0 Å². The van der Waals surface area contributed by atoms with E-state index in [4.69, 9.17) is 10.00 Å². The number of hydrogen-bond acceptors (Lipinski definition) is 3. The highest BCUT2D eigenvalue weighted by Crippen LogP contribution is 2.18. The number of carbonyl (C=O) groups excluding carboxylic acids is 1. The van der Waals surface area contributed by atoms with Crippen molar-refractivity contribution in [2.45, 2.75) is 33.3 Å². The molecular weight excluding hydrogens is 288 g/mol. The maximum absolute atomic E-state index is 12.2. The third-order valence-corrected chi connectivity index (χ3v) is 3.38. The topological polar surface area (TPSA) is 62.1 Å². The van der Waals surface area contributed by atoms with E-state index < -0.39 is 6.10 Å². The highest BCUT2D eigenvalue weighted by molar-refractivity contribution is 5.94. The summed E-state index contributed by atoms with van der Waals surface area (Å²) in [6.07, 6.45) is -0.240. The number of nitrogens with zero attached hydrogens (tertiary/aromatic N) is 1. The summed E-state index contributed by atoms with van der Waals surface area (Å²) >= 11 is 0. The largest absolute Gasteiger partial charge is 0.481 e. The van der Waals surface area contributed by atoms with Crippen LogP contribution in [0.25, 0.3) is 0 Å². The second-order valence-corrected chi connectivity index (χ2v) is 5.60. The molecule has 2 aromatic rings. The zero-order valence-corrected chi connectivity index (χ0v) is 13.6. The van der Waals surface area contributed by atoms with Crippen LogP contribution in [0.2, 0.25) is 0 Å². The van der Waals surface area contributed by atoms with E-state index in [1.807, 2.05) is 38.1 Å². The molecule has 0 spiro atoms. The van der Waals surface area contributed by atoms with E-state index in [1.165, 1.54) is 0 Å². The lowest BCUT2D eigenvalue weighted by Gasteiger charge is -2.15. The van der Waals surface area contributed by atoms with Crippen LogP contribution in [0.5, 0.6) is 5.75 Å². The first-order valence-corrected chi connectivity index (χ1v) is 7.49. The van der Waals surface area contributed by atoms with Crippen molar-refractivity contribution in [1.29, 1.82) is 5.26 Å². The summed E-state index contributed by atoms with van der Waals surface area (Å²) in [7, 11) is 0. The van der Waals surface area contributed by atoms with E-state index in [2.05, 4.69) is 17.5 Å². The number of ether oxygens (including phenoxy) is 1. The second kappa shape index (κ2) is 7.46. The van der Waals surface area contributed by atoms with Crippen LogP contribution in [0.15, 0.2) is 42.5 Å². The fourth-order valence-corrected chi connectivity index (χ4v) is 2.30. The van der Waals surface area contributed by atoms with Crippen molar-refractivity contribution in [2.24, 2.45) is 0 Å². The number of aryl methyl sites for hydroxylation is 2. The van der Waals surface area contributed by atoms with Crippen molar-refractivity contribution < 1.29 is 9.53 Å². The third-order valence-electron chi connectivity index (χ3n) is 3.38. The zero-order valence-electron chi connectivity index (χ0n) is 13.6. The van der Waals surface area contributed by atoms with E-state index in [1.54, 1.807) is 19.1 Å². The Labute approximate surface area is 136 Å². The van der Waals surface area contributed by atoms with Crippen molar-refractivity contribution >= 4 is 11.6 Å². The van der Waals surface area contributed by atoms with E-state index in [0.29, 0.717) is 17.9 Å². The molecule has 1 amide bonds. The van der Waals surface area contributed by atoms with Crippen LogP contribution in [-0.4, -0.2) is 12.0 Å². The number of anilines is 1. The smallest absolute Gasteiger partial charge is 0.265 e. The molecule has 0 aromatic heterocycles. The molecule has 0 saturated carbocycles. The fourth-order valence-electron chi connectivity index (χ4n) is 2.30. The number of nitriles is 1. The lowest BCUT2D eigenvalue weighted by molar-refractivity contribution is -0.122. The van der Waals surface area contributed by atoms with Gasteiger partial charge in [0.05, 0.1) is 12.5 Å². The molecule has 0 radical (unpaired) electrons. The Balaban J connectivity index is 1.98. The first-order chi connectivity index (χ1) is 11.0. The van der Waals surface area contributed by atoms with Gasteiger partial charge in [0.1, 0.15) is 5.75 Å². The first-order valence-electron chi connectivity index (χ1n) is 7.49. The Hall–Kier alpha value is -2.80. The van der Waals surface area contributed by atoms with Crippen LogP contribution in [0, 0.1) is 25.2 Å². The summed E-state index contributed by atoms with van der Waals surface area (Å²) in [6.45, 7) is 5.71. The molecule has 2 aromatic carbocycles. The molecule has 0 fully saturated rings. The molecule has 118 valence electrons. The predicted octanol–water partition coefficient (Wildman–Crippen LogP) is 3.78. The molecular formula is C19H20N2O2. The van der Waals surface area contributed by atoms with Gasteiger partial charge in [0.15, 0.2) is 6.10 Å². The number of nitrogens with one attached hydrogen (secondary N) is 1. The molecule has 0 bridgehead atoms. The zero-order chi connectivity index (χ0) is 16.8. The van der Waals surface area contributed by atoms with Gasteiger partial charge in [-0.15, -0.1) is 0 Å². The molecule has 4 heteroatoms. The van der Waals surface area contributed by atoms with Crippen LogP contribution in [0.4, 0.5) is 5.69 Å². The van der Waals surface area contributed by atoms with Crippen LogP contribution in [0.1, 0.15) is 23.6 Å². The summed E-state index contributed by atoms with van der Waals surface area (Å²) in [4.78, 5) is 12.2. The lowest BCUT2D eigenvalue weighted by Crippen LogP contribution is -2.30. The Kier molecular flexibility index (Phi) is 5.37. The molecule has 0 saturated heterocycles. The van der Waals surface area contributed by atoms with Gasteiger partial charge in [-0.3, -0.25) is 4.79 Å². The Bertz CT molecular complexity index is 710. The standard InChI is InChI=1S/C19H20N2O2/c1-13-10-14(2)12-18(11-13)23-15(3)19(22)21-17-6-4-16(5-7-17)8-9-20/h4-7,10-12,15H,8H2,1-3H3,(H,21,22)/t15-/m0/s1. The van der Waals surface area contributed by atoms with Crippen molar-refractivity contribution in [3.05, 3.63) is 59.2 Å². The molecule has 0 aliphatic carbocycles. The van der Waals surface area contributed by atoms with Gasteiger partial charge in [-0.1, -0.05) is 18.2 Å². The molecule has 1 atom stereocenters. The normalized spacial score (nSPS) is 11.4. The molecule has 0 aliphatic rings. The van der Waals surface area contributed by atoms with E-state index in [-0.39, 0.29) is 5.91 Å². The van der Waals surface area contributed by atoms with Crippen molar-refractivity contribution in [2.75, 3.05) is 5.32 Å². The average Bonchev–Trinajstić information content (AvgIpc) is 2.48. The van der Waals surface area contributed by atoms with E-state index in [0.717, 1.165) is 16.7 Å². The van der Waals surface area contributed by atoms with Gasteiger partial charge < -0.3 is 10.1 Å². The van der Waals surface area contributed by atoms with Crippen LogP contribution in [-0.2, 0) is 11.2 Å². The number of amides is 1. The Morgan fingerprint density at radius 3 is 2.35 bits per heavy atom. The number of carbonyl (C=O) groups is 1. The highest BCUT2D eigenvalue weighted by atomic mass is 16.5. The molecule has 1 N–H and O–H groups in total. The number of hydrogen-bond donors (Lipinski definition) is 1. The van der Waals surface area contributed by atoms with E-state index >= 15 is 0 Å². The first kappa shape index (κ1) is 16.6. The Morgan fingerprint density at radius 2 is 1.78 bits per heavy atom. The van der Waals surface area contributed by atoms with Crippen LogP contribution >= 0.6 is 0 Å². The summed E-state index contributed by atoms with van der Waals surface area (Å²) < 4.78 is 5.72.